The van der Waals surface area contributed by atoms with E-state index in [9.17, 15) is 9.59 Å². The Bertz CT molecular complexity index is 671. The lowest BCUT2D eigenvalue weighted by atomic mass is 10.1. The second kappa shape index (κ2) is 6.37. The maximum Gasteiger partial charge on any atom is 0.335 e. The molecule has 0 fully saturated rings. The Morgan fingerprint density at radius 1 is 1.24 bits per heavy atom. The molecule has 0 aliphatic carbocycles. The molecule has 1 amide bonds. The highest BCUT2D eigenvalue weighted by Gasteiger charge is 2.15. The van der Waals surface area contributed by atoms with E-state index in [0.29, 0.717) is 17.1 Å². The van der Waals surface area contributed by atoms with E-state index in [4.69, 9.17) is 16.7 Å². The largest absolute Gasteiger partial charge is 0.478 e. The van der Waals surface area contributed by atoms with Gasteiger partial charge in [-0.25, -0.2) is 4.79 Å². The molecule has 1 aromatic carbocycles. The molecule has 0 atom stereocenters. The lowest BCUT2D eigenvalue weighted by molar-refractivity contribution is 0.0695. The van der Waals surface area contributed by atoms with Crippen LogP contribution >= 0.6 is 11.6 Å². The molecule has 2 rings (SSSR count). The number of carboxylic acid groups (broad SMARTS) is 1. The minimum absolute atomic E-state index is 0.211. The first-order chi connectivity index (χ1) is 9.99. The van der Waals surface area contributed by atoms with Crippen LogP contribution in [0, 0.1) is 0 Å². The number of hydrogen-bond donors (Lipinski definition) is 1. The van der Waals surface area contributed by atoms with E-state index in [1.54, 1.807) is 25.2 Å². The molecule has 108 valence electrons. The summed E-state index contributed by atoms with van der Waals surface area (Å²) < 4.78 is 0. The first kappa shape index (κ1) is 15.0. The minimum Gasteiger partial charge on any atom is -0.478 e. The minimum atomic E-state index is -0.979. The summed E-state index contributed by atoms with van der Waals surface area (Å²) in [5.74, 6) is -1.22. The second-order valence-corrected chi connectivity index (χ2v) is 4.93. The topological polar surface area (TPSA) is 70.5 Å². The van der Waals surface area contributed by atoms with E-state index in [2.05, 4.69) is 4.98 Å². The molecule has 0 aliphatic rings. The Balaban J connectivity index is 2.10. The van der Waals surface area contributed by atoms with Crippen molar-refractivity contribution in [1.29, 1.82) is 0 Å². The van der Waals surface area contributed by atoms with Crippen LogP contribution in [0.2, 0.25) is 5.02 Å². The van der Waals surface area contributed by atoms with E-state index < -0.39 is 5.97 Å². The van der Waals surface area contributed by atoms with Crippen molar-refractivity contribution < 1.29 is 14.7 Å². The lowest BCUT2D eigenvalue weighted by Gasteiger charge is -2.17. The highest BCUT2D eigenvalue weighted by molar-refractivity contribution is 6.33. The van der Waals surface area contributed by atoms with Crippen molar-refractivity contribution in [1.82, 2.24) is 9.88 Å². The quantitative estimate of drug-likeness (QED) is 0.943. The molecule has 0 saturated carbocycles. The maximum absolute atomic E-state index is 12.3. The zero-order valence-corrected chi connectivity index (χ0v) is 12.0. The van der Waals surface area contributed by atoms with Crippen LogP contribution in [0.15, 0.2) is 42.7 Å². The second-order valence-electron chi connectivity index (χ2n) is 4.52. The van der Waals surface area contributed by atoms with Gasteiger partial charge in [-0.15, -0.1) is 0 Å². The Morgan fingerprint density at radius 3 is 2.48 bits per heavy atom. The van der Waals surface area contributed by atoms with Crippen LogP contribution in [-0.4, -0.2) is 33.9 Å². The molecule has 2 aromatic rings. The van der Waals surface area contributed by atoms with Crippen LogP contribution in [0.1, 0.15) is 26.3 Å². The summed E-state index contributed by atoms with van der Waals surface area (Å²) in [5, 5.41) is 9.19. The average Bonchev–Trinajstić information content (AvgIpc) is 2.47. The summed E-state index contributed by atoms with van der Waals surface area (Å²) in [4.78, 5) is 28.4. The lowest BCUT2D eigenvalue weighted by Crippen LogP contribution is -2.26. The predicted octanol–water partition coefficient (Wildman–Crippen LogP) is 2.71. The van der Waals surface area contributed by atoms with E-state index in [1.807, 2.05) is 0 Å². The van der Waals surface area contributed by atoms with E-state index in [1.165, 1.54) is 29.4 Å². The fourth-order valence-electron chi connectivity index (χ4n) is 1.84. The number of benzene rings is 1. The Labute approximate surface area is 126 Å². The first-order valence-corrected chi connectivity index (χ1v) is 6.54. The normalized spacial score (nSPS) is 10.2. The van der Waals surface area contributed by atoms with Crippen molar-refractivity contribution in [2.45, 2.75) is 6.54 Å². The van der Waals surface area contributed by atoms with E-state index in [0.717, 1.165) is 5.56 Å². The Hall–Kier alpha value is -2.40. The van der Waals surface area contributed by atoms with Crippen molar-refractivity contribution in [2.24, 2.45) is 0 Å². The van der Waals surface area contributed by atoms with Crippen molar-refractivity contribution in [3.8, 4) is 0 Å². The molecule has 0 saturated heterocycles. The summed E-state index contributed by atoms with van der Waals surface area (Å²) in [7, 11) is 1.65. The van der Waals surface area contributed by atoms with Crippen LogP contribution < -0.4 is 0 Å². The van der Waals surface area contributed by atoms with Crippen LogP contribution in [0.25, 0.3) is 0 Å². The number of pyridine rings is 1. The van der Waals surface area contributed by atoms with Crippen LogP contribution in [0.3, 0.4) is 0 Å². The number of carbonyl (C=O) groups is 2. The van der Waals surface area contributed by atoms with E-state index >= 15 is 0 Å². The van der Waals surface area contributed by atoms with E-state index in [-0.39, 0.29) is 11.5 Å². The van der Waals surface area contributed by atoms with Crippen molar-refractivity contribution in [3.05, 3.63) is 64.4 Å². The summed E-state index contributed by atoms with van der Waals surface area (Å²) in [6.07, 6.45) is 2.94. The third-order valence-corrected chi connectivity index (χ3v) is 3.30. The summed E-state index contributed by atoms with van der Waals surface area (Å²) in [6.45, 7) is 0.351. The molecule has 5 nitrogen and oxygen atoms in total. The molecular formula is C15H13ClN2O3. The highest BCUT2D eigenvalue weighted by atomic mass is 35.5. The Morgan fingerprint density at radius 2 is 1.90 bits per heavy atom. The molecule has 0 unspecified atom stereocenters. The van der Waals surface area contributed by atoms with Gasteiger partial charge >= 0.3 is 5.97 Å². The van der Waals surface area contributed by atoms with Gasteiger partial charge in [0, 0.05) is 26.0 Å². The van der Waals surface area contributed by atoms with Gasteiger partial charge in [0.1, 0.15) is 0 Å². The summed E-state index contributed by atoms with van der Waals surface area (Å²) in [6, 6.07) is 7.93. The zero-order valence-electron chi connectivity index (χ0n) is 11.3. The molecule has 1 aromatic heterocycles. The number of carbonyl (C=O) groups excluding carboxylic acids is 1. The van der Waals surface area contributed by atoms with Crippen molar-refractivity contribution in [3.63, 3.8) is 0 Å². The van der Waals surface area contributed by atoms with Crippen molar-refractivity contribution >= 4 is 23.5 Å². The van der Waals surface area contributed by atoms with Crippen molar-refractivity contribution in [2.75, 3.05) is 7.05 Å². The van der Waals surface area contributed by atoms with Gasteiger partial charge in [-0.3, -0.25) is 9.78 Å². The molecule has 0 aliphatic heterocycles. The molecule has 21 heavy (non-hydrogen) atoms. The van der Waals surface area contributed by atoms with Gasteiger partial charge in [0.05, 0.1) is 16.1 Å². The van der Waals surface area contributed by atoms with Crippen LogP contribution in [0.5, 0.6) is 0 Å². The van der Waals surface area contributed by atoms with Gasteiger partial charge in [-0.2, -0.15) is 0 Å². The number of halogens is 1. The molecule has 6 heteroatoms. The molecule has 0 radical (unpaired) electrons. The molecule has 0 bridgehead atoms. The highest BCUT2D eigenvalue weighted by Crippen LogP contribution is 2.16. The molecule has 0 spiro atoms. The summed E-state index contributed by atoms with van der Waals surface area (Å²) in [5.41, 5.74) is 1.38. The summed E-state index contributed by atoms with van der Waals surface area (Å²) >= 11 is 5.97. The third kappa shape index (κ3) is 3.58. The number of aromatic carboxylic acids is 1. The monoisotopic (exact) mass is 304 g/mol. The number of nitrogens with zero attached hydrogens (tertiary/aromatic N) is 2. The van der Waals surface area contributed by atoms with Gasteiger partial charge in [0.2, 0.25) is 0 Å². The number of carboxylic acids is 1. The van der Waals surface area contributed by atoms with Crippen LogP contribution in [0.4, 0.5) is 0 Å². The average molecular weight is 305 g/mol. The maximum atomic E-state index is 12.3. The number of amides is 1. The Kier molecular flexibility index (Phi) is 4.55. The van der Waals surface area contributed by atoms with Gasteiger partial charge < -0.3 is 10.0 Å². The predicted molar refractivity (Wildman–Crippen MR) is 78.4 cm³/mol. The SMILES string of the molecule is CN(Cc1ccc(C(=O)O)cc1)C(=O)c1cnccc1Cl. The number of rotatable bonds is 4. The smallest absolute Gasteiger partial charge is 0.335 e. The number of hydrogen-bond acceptors (Lipinski definition) is 3. The van der Waals surface area contributed by atoms with Gasteiger partial charge in [-0.05, 0) is 23.8 Å². The van der Waals surface area contributed by atoms with Gasteiger partial charge in [0.15, 0.2) is 0 Å². The van der Waals surface area contributed by atoms with Gasteiger partial charge in [0.25, 0.3) is 5.91 Å². The fraction of sp³-hybridized carbons (Fsp3) is 0.133. The van der Waals surface area contributed by atoms with Crippen LogP contribution in [-0.2, 0) is 6.54 Å². The fourth-order valence-corrected chi connectivity index (χ4v) is 2.02. The first-order valence-electron chi connectivity index (χ1n) is 6.16. The standard InChI is InChI=1S/C15H13ClN2O3/c1-18(14(19)12-8-17-7-6-13(12)16)9-10-2-4-11(5-3-10)15(20)21/h2-8H,9H2,1H3,(H,20,21). The third-order valence-electron chi connectivity index (χ3n) is 2.97. The number of aromatic nitrogens is 1. The zero-order chi connectivity index (χ0) is 15.4. The van der Waals surface area contributed by atoms with Gasteiger partial charge in [-0.1, -0.05) is 23.7 Å². The molecule has 1 N–H and O–H groups in total. The molecular weight excluding hydrogens is 292 g/mol. The molecule has 1 heterocycles.